The first kappa shape index (κ1) is 32.4. The van der Waals surface area contributed by atoms with Crippen LogP contribution in [0.3, 0.4) is 0 Å². The molecular weight excluding hydrogens is 588 g/mol. The lowest BCUT2D eigenvalue weighted by Gasteiger charge is -2.33. The molecule has 0 spiro atoms. The zero-order chi connectivity index (χ0) is 30.2. The molecule has 2 heterocycles. The third-order valence-electron chi connectivity index (χ3n) is 6.72. The van der Waals surface area contributed by atoms with Crippen molar-refractivity contribution in [3.05, 3.63) is 33.8 Å². The maximum atomic E-state index is 12.9. The Kier molecular flexibility index (Phi) is 11.6. The Morgan fingerprint density at radius 3 is 2.34 bits per heavy atom. The number of hydrogen-bond acceptors (Lipinski definition) is 9. The lowest BCUT2D eigenvalue weighted by Crippen LogP contribution is -2.45. The van der Waals surface area contributed by atoms with Crippen molar-refractivity contribution in [3.63, 3.8) is 0 Å². The number of carboxylic acid groups (broad SMARTS) is 1. The van der Waals surface area contributed by atoms with Gasteiger partial charge in [0.05, 0.1) is 0 Å². The van der Waals surface area contributed by atoms with Crippen molar-refractivity contribution in [3.8, 4) is 0 Å². The summed E-state index contributed by atoms with van der Waals surface area (Å²) in [4.78, 5) is 40.0. The van der Waals surface area contributed by atoms with Crippen molar-refractivity contribution < 1.29 is 27.9 Å². The van der Waals surface area contributed by atoms with Crippen molar-refractivity contribution in [2.75, 3.05) is 55.8 Å². The number of likely N-dealkylation sites (N-methyl/N-ethyl adjacent to an activating group) is 1. The molecule has 2 aliphatic rings. The number of rotatable bonds is 7. The van der Waals surface area contributed by atoms with Crippen molar-refractivity contribution in [2.24, 2.45) is 5.92 Å². The van der Waals surface area contributed by atoms with Gasteiger partial charge in [-0.15, -0.1) is 0 Å². The van der Waals surface area contributed by atoms with E-state index in [1.807, 2.05) is 6.07 Å². The first-order valence-electron chi connectivity index (χ1n) is 13.0. The number of hydrogen-bond donors (Lipinski definition) is 4. The number of carboxylic acids is 1. The molecule has 1 saturated heterocycles. The number of amides is 1. The predicted octanol–water partition coefficient (Wildman–Crippen LogP) is 3.89. The maximum Gasteiger partial charge on any atom is 0.490 e. The van der Waals surface area contributed by atoms with Gasteiger partial charge in [-0.1, -0.05) is 35.7 Å². The summed E-state index contributed by atoms with van der Waals surface area (Å²) in [7, 11) is 3.93. The van der Waals surface area contributed by atoms with Crippen LogP contribution in [0, 0.1) is 5.92 Å². The predicted molar refractivity (Wildman–Crippen MR) is 150 cm³/mol. The minimum Gasteiger partial charge on any atom is -0.475 e. The molecule has 4 N–H and O–H groups in total. The fourth-order valence-corrected chi connectivity index (χ4v) is 4.90. The highest BCUT2D eigenvalue weighted by Crippen LogP contribution is 2.28. The third kappa shape index (κ3) is 10.0. The molecule has 1 saturated carbocycles. The topological polar surface area (TPSA) is 136 Å². The highest BCUT2D eigenvalue weighted by molar-refractivity contribution is 6.35. The molecule has 1 aromatic heterocycles. The van der Waals surface area contributed by atoms with Gasteiger partial charge in [0.25, 0.3) is 0 Å². The number of carbonyl (C=O) groups excluding carboxylic acids is 1. The highest BCUT2D eigenvalue weighted by atomic mass is 35.5. The lowest BCUT2D eigenvalue weighted by molar-refractivity contribution is -0.192. The largest absolute Gasteiger partial charge is 0.490 e. The molecule has 16 heteroatoms. The Balaban J connectivity index is 0.000000587. The quantitative estimate of drug-likeness (QED) is 0.361. The first-order valence-corrected chi connectivity index (χ1v) is 13.8. The molecule has 1 aliphatic heterocycles. The van der Waals surface area contributed by atoms with E-state index in [4.69, 9.17) is 38.1 Å². The summed E-state index contributed by atoms with van der Waals surface area (Å²) in [5, 5.41) is 17.8. The van der Waals surface area contributed by atoms with Gasteiger partial charge >= 0.3 is 12.1 Å². The number of piperazine rings is 1. The standard InChI is InChI=1S/C23H32Cl2N8O.C2HF3O2/c1-26-21-29-22(31-23(30-21)33-10-8-32(2)9-11-33)28-18-5-3-4-15(12-18)20(34)27-14-16-6-7-17(24)13-19(16)25;3-2(4,5)1(6)7/h6-7,13,15,18H,3-5,8-12,14H2,1-2H3,(H,27,34)(H2,26,28,29,30,31);(H,6,7). The van der Waals surface area contributed by atoms with Gasteiger partial charge in [-0.05, 0) is 44.0 Å². The van der Waals surface area contributed by atoms with E-state index < -0.39 is 12.1 Å². The Morgan fingerprint density at radius 2 is 1.73 bits per heavy atom. The van der Waals surface area contributed by atoms with E-state index in [-0.39, 0.29) is 17.9 Å². The summed E-state index contributed by atoms with van der Waals surface area (Å²) >= 11 is 12.2. The molecule has 1 amide bonds. The number of anilines is 3. The minimum absolute atomic E-state index is 0.0437. The van der Waals surface area contributed by atoms with Gasteiger partial charge < -0.3 is 30.9 Å². The van der Waals surface area contributed by atoms with E-state index in [0.29, 0.717) is 34.4 Å². The molecule has 2 atom stereocenters. The lowest BCUT2D eigenvalue weighted by atomic mass is 9.85. The summed E-state index contributed by atoms with van der Waals surface area (Å²) in [6.07, 6.45) is -1.56. The smallest absolute Gasteiger partial charge is 0.475 e. The second-order valence-corrected chi connectivity index (χ2v) is 10.6. The summed E-state index contributed by atoms with van der Waals surface area (Å²) < 4.78 is 31.7. The van der Waals surface area contributed by atoms with Crippen molar-refractivity contribution >= 4 is 52.9 Å². The van der Waals surface area contributed by atoms with E-state index in [0.717, 1.165) is 57.4 Å². The van der Waals surface area contributed by atoms with Crippen LogP contribution < -0.4 is 20.9 Å². The van der Waals surface area contributed by atoms with E-state index in [1.54, 1.807) is 19.2 Å². The normalized spacial score (nSPS) is 19.5. The summed E-state index contributed by atoms with van der Waals surface area (Å²) in [5.74, 6) is -1.02. The van der Waals surface area contributed by atoms with Gasteiger partial charge in [-0.2, -0.15) is 28.1 Å². The second kappa shape index (κ2) is 14.7. The van der Waals surface area contributed by atoms with Crippen LogP contribution >= 0.6 is 23.2 Å². The zero-order valence-corrected chi connectivity index (χ0v) is 24.2. The number of nitrogens with one attached hydrogen (secondary N) is 3. The van der Waals surface area contributed by atoms with Crippen LogP contribution in [-0.4, -0.2) is 89.3 Å². The molecule has 41 heavy (non-hydrogen) atoms. The minimum atomic E-state index is -5.08. The van der Waals surface area contributed by atoms with Gasteiger partial charge in [0.15, 0.2) is 0 Å². The van der Waals surface area contributed by atoms with Crippen LogP contribution in [0.5, 0.6) is 0 Å². The van der Waals surface area contributed by atoms with Gasteiger partial charge in [0.1, 0.15) is 0 Å². The van der Waals surface area contributed by atoms with Gasteiger partial charge in [0.2, 0.25) is 23.8 Å². The second-order valence-electron chi connectivity index (χ2n) is 9.78. The summed E-state index contributed by atoms with van der Waals surface area (Å²) in [5.41, 5.74) is 0.853. The van der Waals surface area contributed by atoms with Gasteiger partial charge in [-0.3, -0.25) is 4.79 Å². The molecule has 11 nitrogen and oxygen atoms in total. The number of aliphatic carboxylic acids is 1. The SMILES string of the molecule is CNc1nc(NC2CCCC(C(=O)NCc3ccc(Cl)cc3Cl)C2)nc(N2CCN(C)CC2)n1.O=C(O)C(F)(F)F. The number of nitrogens with zero attached hydrogens (tertiary/aromatic N) is 5. The average molecular weight is 621 g/mol. The first-order chi connectivity index (χ1) is 19.3. The molecule has 2 unspecified atom stereocenters. The molecular formula is C25H33Cl2F3N8O3. The summed E-state index contributed by atoms with van der Waals surface area (Å²) in [6.45, 7) is 4.10. The Morgan fingerprint density at radius 1 is 1.07 bits per heavy atom. The number of aromatic nitrogens is 3. The summed E-state index contributed by atoms with van der Waals surface area (Å²) in [6, 6.07) is 5.43. The third-order valence-corrected chi connectivity index (χ3v) is 7.31. The Hall–Kier alpha value is -3.10. The van der Waals surface area contributed by atoms with Crippen LogP contribution in [0.25, 0.3) is 0 Å². The monoisotopic (exact) mass is 620 g/mol. The van der Waals surface area contributed by atoms with E-state index in [9.17, 15) is 18.0 Å². The number of halogens is 5. The van der Waals surface area contributed by atoms with Crippen molar-refractivity contribution in [1.82, 2.24) is 25.2 Å². The van der Waals surface area contributed by atoms with Crippen LogP contribution in [0.4, 0.5) is 31.0 Å². The van der Waals surface area contributed by atoms with E-state index in [1.165, 1.54) is 0 Å². The van der Waals surface area contributed by atoms with Crippen LogP contribution in [0.15, 0.2) is 18.2 Å². The Labute approximate surface area is 245 Å². The Bertz CT molecular complexity index is 1200. The average Bonchev–Trinajstić information content (AvgIpc) is 2.92. The van der Waals surface area contributed by atoms with Crippen LogP contribution in [0.2, 0.25) is 10.0 Å². The molecule has 1 aromatic carbocycles. The van der Waals surface area contributed by atoms with Gasteiger partial charge in [-0.25, -0.2) is 4.79 Å². The molecule has 0 bridgehead atoms. The number of carbonyl (C=O) groups is 2. The van der Waals surface area contributed by atoms with Crippen molar-refractivity contribution in [2.45, 2.75) is 44.4 Å². The maximum absolute atomic E-state index is 12.9. The fraction of sp³-hybridized carbons (Fsp3) is 0.560. The van der Waals surface area contributed by atoms with Crippen LogP contribution in [-0.2, 0) is 16.1 Å². The molecule has 4 rings (SSSR count). The molecule has 226 valence electrons. The number of alkyl halides is 3. The van der Waals surface area contributed by atoms with E-state index >= 15 is 0 Å². The van der Waals surface area contributed by atoms with Crippen LogP contribution in [0.1, 0.15) is 31.2 Å². The zero-order valence-electron chi connectivity index (χ0n) is 22.6. The fourth-order valence-electron chi connectivity index (χ4n) is 4.42. The molecule has 0 radical (unpaired) electrons. The number of benzene rings is 1. The highest BCUT2D eigenvalue weighted by Gasteiger charge is 2.38. The van der Waals surface area contributed by atoms with Crippen molar-refractivity contribution in [1.29, 1.82) is 0 Å². The van der Waals surface area contributed by atoms with E-state index in [2.05, 4.69) is 42.8 Å². The molecule has 1 aliphatic carbocycles. The molecule has 2 aromatic rings. The molecule has 2 fully saturated rings. The van der Waals surface area contributed by atoms with Gasteiger partial charge in [0, 0.05) is 61.8 Å².